The van der Waals surface area contributed by atoms with Crippen LogP contribution in [0, 0.1) is 5.92 Å². The Hall–Kier alpha value is -0.610. The number of nitrogens with one attached hydrogen (secondary N) is 1. The second-order valence-corrected chi connectivity index (χ2v) is 5.34. The highest BCUT2D eigenvalue weighted by Gasteiger charge is 2.15. The van der Waals surface area contributed by atoms with E-state index in [1.54, 1.807) is 0 Å². The van der Waals surface area contributed by atoms with Crippen LogP contribution in [0.1, 0.15) is 12.8 Å². The molecule has 0 aromatic carbocycles. The second-order valence-electron chi connectivity index (χ2n) is 4.43. The first-order chi connectivity index (χ1) is 7.75. The van der Waals surface area contributed by atoms with Crippen LogP contribution in [0.25, 0.3) is 0 Å². The van der Waals surface area contributed by atoms with E-state index in [9.17, 15) is 0 Å². The van der Waals surface area contributed by atoms with Crippen LogP contribution in [-0.4, -0.2) is 31.7 Å². The largest absolute Gasteiger partial charge is 0.359 e. The Labute approximate surface area is 105 Å². The zero-order valence-corrected chi connectivity index (χ0v) is 11.2. The van der Waals surface area contributed by atoms with Crippen molar-refractivity contribution in [2.75, 3.05) is 31.6 Å². The van der Waals surface area contributed by atoms with Gasteiger partial charge in [0.25, 0.3) is 0 Å². The zero-order chi connectivity index (χ0) is 11.4. The summed E-state index contributed by atoms with van der Waals surface area (Å²) in [6.07, 6.45) is 4.48. The molecule has 3 nitrogen and oxygen atoms in total. The molecule has 0 unspecified atom stereocenters. The van der Waals surface area contributed by atoms with Crippen molar-refractivity contribution in [3.8, 4) is 0 Å². The summed E-state index contributed by atoms with van der Waals surface area (Å²) in [6, 6.07) is 4.10. The predicted molar refractivity (Wildman–Crippen MR) is 70.8 cm³/mol. The molecule has 88 valence electrons. The van der Waals surface area contributed by atoms with Crippen LogP contribution in [0.15, 0.2) is 22.8 Å². The smallest absolute Gasteiger partial charge is 0.128 e. The molecule has 0 bridgehead atoms. The van der Waals surface area contributed by atoms with Crippen LogP contribution in [0.2, 0.25) is 0 Å². The van der Waals surface area contributed by atoms with Gasteiger partial charge in [-0.2, -0.15) is 0 Å². The molecule has 4 heteroatoms. The van der Waals surface area contributed by atoms with E-state index in [0.29, 0.717) is 0 Å². The van der Waals surface area contributed by atoms with Gasteiger partial charge in [0.05, 0.1) is 0 Å². The highest BCUT2D eigenvalue weighted by Crippen LogP contribution is 2.17. The van der Waals surface area contributed by atoms with Gasteiger partial charge in [0, 0.05) is 24.3 Å². The van der Waals surface area contributed by atoms with E-state index >= 15 is 0 Å². The minimum absolute atomic E-state index is 0.754. The Bertz CT molecular complexity index is 320. The van der Waals surface area contributed by atoms with Gasteiger partial charge in [0.1, 0.15) is 5.82 Å². The molecule has 1 N–H and O–H groups in total. The van der Waals surface area contributed by atoms with E-state index in [4.69, 9.17) is 0 Å². The topological polar surface area (TPSA) is 28.2 Å². The monoisotopic (exact) mass is 283 g/mol. The first-order valence-corrected chi connectivity index (χ1v) is 6.58. The van der Waals surface area contributed by atoms with E-state index in [-0.39, 0.29) is 0 Å². The van der Waals surface area contributed by atoms with Gasteiger partial charge < -0.3 is 10.2 Å². The summed E-state index contributed by atoms with van der Waals surface area (Å²) in [7, 11) is 2.12. The standard InChI is InChI=1S/C12H18BrN3/c1-16(9-10-3-2-6-14-7-10)12-5-4-11(13)8-15-12/h4-5,8,10,14H,2-3,6-7,9H2,1H3/t10-/m1/s1. The van der Waals surface area contributed by atoms with Gasteiger partial charge in [-0.3, -0.25) is 0 Å². The average molecular weight is 284 g/mol. The van der Waals surface area contributed by atoms with E-state index in [0.717, 1.165) is 29.3 Å². The minimum atomic E-state index is 0.754. The lowest BCUT2D eigenvalue weighted by Crippen LogP contribution is -2.37. The van der Waals surface area contributed by atoms with Crippen LogP contribution in [-0.2, 0) is 0 Å². The van der Waals surface area contributed by atoms with E-state index in [1.165, 1.54) is 19.4 Å². The van der Waals surface area contributed by atoms with Crippen molar-refractivity contribution in [3.63, 3.8) is 0 Å². The van der Waals surface area contributed by atoms with Crippen LogP contribution >= 0.6 is 15.9 Å². The SMILES string of the molecule is CN(C[C@@H]1CCCNC1)c1ccc(Br)cn1. The highest BCUT2D eigenvalue weighted by atomic mass is 79.9. The Morgan fingerprint density at radius 1 is 1.56 bits per heavy atom. The third-order valence-electron chi connectivity index (χ3n) is 3.03. The summed E-state index contributed by atoms with van der Waals surface area (Å²) in [4.78, 5) is 6.64. The fourth-order valence-electron chi connectivity index (χ4n) is 2.15. The third kappa shape index (κ3) is 3.19. The number of hydrogen-bond acceptors (Lipinski definition) is 3. The van der Waals surface area contributed by atoms with Crippen LogP contribution in [0.5, 0.6) is 0 Å². The molecule has 1 fully saturated rings. The van der Waals surface area contributed by atoms with Gasteiger partial charge >= 0.3 is 0 Å². The highest BCUT2D eigenvalue weighted by molar-refractivity contribution is 9.10. The molecule has 1 aliphatic rings. The molecule has 1 atom stereocenters. The first kappa shape index (κ1) is 11.9. The number of pyridine rings is 1. The van der Waals surface area contributed by atoms with Crippen LogP contribution < -0.4 is 10.2 Å². The third-order valence-corrected chi connectivity index (χ3v) is 3.50. The van der Waals surface area contributed by atoms with E-state index < -0.39 is 0 Å². The van der Waals surface area contributed by atoms with Gasteiger partial charge in [0.2, 0.25) is 0 Å². The number of hydrogen-bond donors (Lipinski definition) is 1. The second kappa shape index (κ2) is 5.64. The van der Waals surface area contributed by atoms with Crippen molar-refractivity contribution < 1.29 is 0 Å². The van der Waals surface area contributed by atoms with E-state index in [2.05, 4.69) is 44.2 Å². The molecular formula is C12H18BrN3. The Morgan fingerprint density at radius 3 is 3.06 bits per heavy atom. The predicted octanol–water partition coefficient (Wildman–Crippen LogP) is 2.28. The molecule has 0 amide bonds. The van der Waals surface area contributed by atoms with Gasteiger partial charge in [0.15, 0.2) is 0 Å². The number of aromatic nitrogens is 1. The fourth-order valence-corrected chi connectivity index (χ4v) is 2.39. The summed E-state index contributed by atoms with van der Waals surface area (Å²) >= 11 is 3.40. The quantitative estimate of drug-likeness (QED) is 0.923. The Kier molecular flexibility index (Phi) is 4.18. The van der Waals surface area contributed by atoms with Gasteiger partial charge in [-0.15, -0.1) is 0 Å². The van der Waals surface area contributed by atoms with Gasteiger partial charge in [-0.1, -0.05) is 0 Å². The molecular weight excluding hydrogens is 266 g/mol. The van der Waals surface area contributed by atoms with Crippen molar-refractivity contribution >= 4 is 21.7 Å². The summed E-state index contributed by atoms with van der Waals surface area (Å²) < 4.78 is 1.03. The van der Waals surface area contributed by atoms with Crippen molar-refractivity contribution in [2.24, 2.45) is 5.92 Å². The Morgan fingerprint density at radius 2 is 2.44 bits per heavy atom. The van der Waals surface area contributed by atoms with Crippen LogP contribution in [0.4, 0.5) is 5.82 Å². The normalized spacial score (nSPS) is 20.8. The molecule has 1 aliphatic heterocycles. The lowest BCUT2D eigenvalue weighted by molar-refractivity contribution is 0.380. The van der Waals surface area contributed by atoms with Crippen molar-refractivity contribution in [1.29, 1.82) is 0 Å². The maximum atomic E-state index is 4.40. The maximum absolute atomic E-state index is 4.40. The van der Waals surface area contributed by atoms with Crippen LogP contribution in [0.3, 0.4) is 0 Å². The van der Waals surface area contributed by atoms with E-state index in [1.807, 2.05) is 12.3 Å². The summed E-state index contributed by atoms with van der Waals surface area (Å²) in [5, 5.41) is 3.45. The van der Waals surface area contributed by atoms with Crippen molar-refractivity contribution in [1.82, 2.24) is 10.3 Å². The molecule has 16 heavy (non-hydrogen) atoms. The fraction of sp³-hybridized carbons (Fsp3) is 0.583. The number of piperidine rings is 1. The molecule has 1 aromatic rings. The molecule has 0 saturated carbocycles. The van der Waals surface area contributed by atoms with Gasteiger partial charge in [-0.25, -0.2) is 4.98 Å². The molecule has 1 aromatic heterocycles. The number of anilines is 1. The number of rotatable bonds is 3. The molecule has 2 rings (SSSR count). The summed E-state index contributed by atoms with van der Waals surface area (Å²) in [5.74, 6) is 1.80. The molecule has 1 saturated heterocycles. The molecule has 0 radical (unpaired) electrons. The number of halogens is 1. The molecule has 2 heterocycles. The van der Waals surface area contributed by atoms with Crippen molar-refractivity contribution in [2.45, 2.75) is 12.8 Å². The van der Waals surface area contributed by atoms with Crippen molar-refractivity contribution in [3.05, 3.63) is 22.8 Å². The Balaban J connectivity index is 1.91. The van der Waals surface area contributed by atoms with Gasteiger partial charge in [-0.05, 0) is 59.9 Å². The summed E-state index contributed by atoms with van der Waals surface area (Å²) in [5.41, 5.74) is 0. The minimum Gasteiger partial charge on any atom is -0.359 e. The molecule has 0 spiro atoms. The summed E-state index contributed by atoms with van der Waals surface area (Å²) in [6.45, 7) is 3.40. The lowest BCUT2D eigenvalue weighted by atomic mass is 9.99. The zero-order valence-electron chi connectivity index (χ0n) is 9.62. The lowest BCUT2D eigenvalue weighted by Gasteiger charge is -2.28. The average Bonchev–Trinajstić information content (AvgIpc) is 2.31. The maximum Gasteiger partial charge on any atom is 0.128 e. The molecule has 0 aliphatic carbocycles. The number of nitrogens with zero attached hydrogens (tertiary/aromatic N) is 2. The first-order valence-electron chi connectivity index (χ1n) is 5.79.